The number of anilines is 1. The Kier molecular flexibility index (Phi) is 6.13. The monoisotopic (exact) mass is 622 g/mol. The Hall–Kier alpha value is -3.89. The van der Waals surface area contributed by atoms with Crippen LogP contribution < -0.4 is 5.32 Å². The average molecular weight is 623 g/mol. The number of likely N-dealkylation sites (tertiary alicyclic amines) is 1. The number of hydrogen-bond donors (Lipinski definition) is 1. The Morgan fingerprint density at radius 1 is 1.02 bits per heavy atom. The molecule has 230 valence electrons. The number of imidazole rings is 1. The molecule has 1 N–H and O–H groups in total. The van der Waals surface area contributed by atoms with Gasteiger partial charge in [0.2, 0.25) is 0 Å². The topological polar surface area (TPSA) is 83.4 Å². The first kappa shape index (κ1) is 27.4. The molecule has 0 radical (unpaired) electrons. The van der Waals surface area contributed by atoms with E-state index in [-0.39, 0.29) is 12.5 Å². The molecule has 2 bridgehead atoms. The largest absolute Gasteiger partial charge is 0.334 e. The van der Waals surface area contributed by atoms with Crippen LogP contribution in [0.25, 0.3) is 11.1 Å². The number of nitrogens with one attached hydrogen (secondary N) is 1. The molecule has 45 heavy (non-hydrogen) atoms. The molecule has 10 rings (SSSR count). The summed E-state index contributed by atoms with van der Waals surface area (Å²) in [6, 6.07) is 10.9. The first-order valence-electron chi connectivity index (χ1n) is 16.1. The van der Waals surface area contributed by atoms with Gasteiger partial charge in [0.25, 0.3) is 11.8 Å². The van der Waals surface area contributed by atoms with E-state index in [1.54, 1.807) is 24.0 Å². The quantitative estimate of drug-likeness (QED) is 0.263. The molecule has 1 saturated heterocycles. The van der Waals surface area contributed by atoms with Crippen LogP contribution in [-0.2, 0) is 29.7 Å². The lowest BCUT2D eigenvalue weighted by molar-refractivity contribution is -0.153. The molecule has 6 aliphatic rings. The second-order valence-electron chi connectivity index (χ2n) is 13.9. The maximum atomic E-state index is 15.8. The van der Waals surface area contributed by atoms with Crippen LogP contribution in [0.5, 0.6) is 0 Å². The van der Waals surface area contributed by atoms with Crippen molar-refractivity contribution in [3.8, 4) is 11.1 Å². The fourth-order valence-electron chi connectivity index (χ4n) is 9.07. The summed E-state index contributed by atoms with van der Waals surface area (Å²) in [6.45, 7) is 4.60. The average Bonchev–Trinajstić information content (AvgIpc) is 3.83. The number of thiazole rings is 1. The number of carbonyl (C=O) groups excluding carboxylic acids is 2. The molecule has 0 unspecified atom stereocenters. The number of carbonyl (C=O) groups is 2. The zero-order valence-electron chi connectivity index (χ0n) is 25.1. The summed E-state index contributed by atoms with van der Waals surface area (Å²) in [4.78, 5) is 40.6. The summed E-state index contributed by atoms with van der Waals surface area (Å²) in [7, 11) is 0. The molecule has 3 saturated carbocycles. The number of benzene rings is 2. The van der Waals surface area contributed by atoms with Gasteiger partial charge in [-0.05, 0) is 97.7 Å². The highest BCUT2D eigenvalue weighted by Crippen LogP contribution is 2.73. The fraction of sp³-hybridized carbons (Fsp3) is 0.429. The molecule has 0 spiro atoms. The smallest absolute Gasteiger partial charge is 0.255 e. The van der Waals surface area contributed by atoms with Crippen molar-refractivity contribution in [3.63, 3.8) is 0 Å². The van der Waals surface area contributed by atoms with Crippen molar-refractivity contribution in [1.29, 1.82) is 0 Å². The Morgan fingerprint density at radius 2 is 1.82 bits per heavy atom. The highest BCUT2D eigenvalue weighted by Gasteiger charge is 2.68. The van der Waals surface area contributed by atoms with Gasteiger partial charge in [0.05, 0.1) is 18.6 Å². The zero-order chi connectivity index (χ0) is 30.3. The minimum atomic E-state index is -0.993. The molecular formula is C35H35FN6O2S. The van der Waals surface area contributed by atoms with E-state index in [2.05, 4.69) is 44.5 Å². The summed E-state index contributed by atoms with van der Waals surface area (Å²) in [6.07, 6.45) is 11.6. The van der Waals surface area contributed by atoms with E-state index in [4.69, 9.17) is 0 Å². The maximum absolute atomic E-state index is 15.8. The second kappa shape index (κ2) is 10.1. The summed E-state index contributed by atoms with van der Waals surface area (Å²) in [5.41, 5.74) is 5.88. The van der Waals surface area contributed by atoms with Crippen molar-refractivity contribution < 1.29 is 14.0 Å². The molecule has 5 heterocycles. The zero-order valence-corrected chi connectivity index (χ0v) is 25.9. The predicted octanol–water partition coefficient (Wildman–Crippen LogP) is 5.95. The summed E-state index contributed by atoms with van der Waals surface area (Å²) >= 11 is 1.31. The predicted molar refractivity (Wildman–Crippen MR) is 169 cm³/mol. The van der Waals surface area contributed by atoms with Crippen LogP contribution in [0, 0.1) is 11.2 Å². The van der Waals surface area contributed by atoms with Gasteiger partial charge in [-0.1, -0.05) is 24.3 Å². The van der Waals surface area contributed by atoms with Gasteiger partial charge in [-0.3, -0.25) is 14.9 Å². The van der Waals surface area contributed by atoms with Crippen molar-refractivity contribution in [2.45, 2.75) is 69.5 Å². The fourth-order valence-corrected chi connectivity index (χ4v) is 9.60. The normalized spacial score (nSPS) is 25.5. The van der Waals surface area contributed by atoms with Crippen LogP contribution in [0.4, 0.5) is 9.52 Å². The molecule has 4 fully saturated rings. The molecule has 4 aromatic rings. The number of amides is 2. The molecule has 10 heteroatoms. The number of rotatable bonds is 8. The van der Waals surface area contributed by atoms with E-state index in [1.165, 1.54) is 79.6 Å². The van der Waals surface area contributed by atoms with Gasteiger partial charge in [0.15, 0.2) is 11.2 Å². The van der Waals surface area contributed by atoms with Gasteiger partial charge in [-0.2, -0.15) is 0 Å². The second-order valence-corrected chi connectivity index (χ2v) is 14.8. The molecule has 2 aromatic heterocycles. The molecule has 2 amide bonds. The van der Waals surface area contributed by atoms with Gasteiger partial charge in [-0.15, -0.1) is 11.3 Å². The van der Waals surface area contributed by atoms with Crippen molar-refractivity contribution in [2.75, 3.05) is 25.0 Å². The van der Waals surface area contributed by atoms with Gasteiger partial charge < -0.3 is 14.4 Å². The molecule has 8 nitrogen and oxygen atoms in total. The van der Waals surface area contributed by atoms with Gasteiger partial charge in [-0.25, -0.2) is 14.4 Å². The first-order valence-corrected chi connectivity index (χ1v) is 17.0. The number of aryl methyl sites for hydroxylation is 1. The molecule has 3 aliphatic heterocycles. The lowest BCUT2D eigenvalue weighted by atomic mass is 9.33. The number of fused-ring (bicyclic) bond motifs is 2. The van der Waals surface area contributed by atoms with Crippen LogP contribution in [0.15, 0.2) is 54.3 Å². The highest BCUT2D eigenvalue weighted by molar-refractivity contribution is 7.13. The minimum Gasteiger partial charge on any atom is -0.334 e. The van der Waals surface area contributed by atoms with Crippen LogP contribution in [0.3, 0.4) is 0 Å². The first-order chi connectivity index (χ1) is 21.9. The van der Waals surface area contributed by atoms with Gasteiger partial charge in [0.1, 0.15) is 5.82 Å². The van der Waals surface area contributed by atoms with Crippen molar-refractivity contribution >= 4 is 28.3 Å². The van der Waals surface area contributed by atoms with Crippen molar-refractivity contribution in [1.82, 2.24) is 24.3 Å². The molecule has 2 aromatic carbocycles. The lowest BCUT2D eigenvalue weighted by Gasteiger charge is -2.72. The minimum absolute atomic E-state index is 0.00315. The number of aromatic nitrogens is 3. The van der Waals surface area contributed by atoms with Crippen LogP contribution in [0.1, 0.15) is 77.4 Å². The lowest BCUT2D eigenvalue weighted by Crippen LogP contribution is -2.67. The molecule has 3 aliphatic carbocycles. The number of nitrogens with zero attached hydrogens (tertiary/aromatic N) is 5. The van der Waals surface area contributed by atoms with Crippen molar-refractivity contribution in [2.24, 2.45) is 5.41 Å². The Balaban J connectivity index is 0.968. The summed E-state index contributed by atoms with van der Waals surface area (Å²) in [5, 5.41) is 5.08. The molecule has 1 atom stereocenters. The van der Waals surface area contributed by atoms with E-state index in [0.29, 0.717) is 38.3 Å². The van der Waals surface area contributed by atoms with E-state index >= 15 is 4.39 Å². The SMILES string of the molecule is O=C(Nc1nccs1)[C@@H](c1ncn2c1CCC2)N1Cc2c(F)cc(-c3ccc(C45CC(CN6CCCC6)(C4)C5)cc3)cc2C1=O. The van der Waals surface area contributed by atoms with E-state index < -0.39 is 17.8 Å². The Morgan fingerprint density at radius 3 is 2.58 bits per heavy atom. The van der Waals surface area contributed by atoms with Crippen LogP contribution in [-0.4, -0.2) is 55.8 Å². The standard InChI is InChI=1S/C35H35FN6O2S/c36-27-15-23(22-5-7-24(8-6-22)35-17-34(18-35,19-35)20-40-10-1-2-11-40)14-25-26(27)16-42(32(25)44)30(31(43)39-33-37-9-13-45-33)29-28-4-3-12-41(28)21-38-29/h5-9,13-15,21,30H,1-4,10-12,16-20H2,(H,37,39,43)/t30-,34?,35?/m1/s1. The Bertz CT molecular complexity index is 1810. The highest BCUT2D eigenvalue weighted by atomic mass is 32.1. The van der Waals surface area contributed by atoms with E-state index in [0.717, 1.165) is 30.6 Å². The number of hydrogen-bond acceptors (Lipinski definition) is 6. The van der Waals surface area contributed by atoms with Crippen LogP contribution in [0.2, 0.25) is 0 Å². The summed E-state index contributed by atoms with van der Waals surface area (Å²) in [5.74, 6) is -1.19. The van der Waals surface area contributed by atoms with Crippen molar-refractivity contribution in [3.05, 3.63) is 88.2 Å². The Labute approximate surface area is 265 Å². The van der Waals surface area contributed by atoms with Gasteiger partial charge >= 0.3 is 0 Å². The van der Waals surface area contributed by atoms with E-state index in [9.17, 15) is 9.59 Å². The third-order valence-corrected chi connectivity index (χ3v) is 11.7. The number of halogens is 1. The van der Waals surface area contributed by atoms with Crippen LogP contribution >= 0.6 is 11.3 Å². The summed E-state index contributed by atoms with van der Waals surface area (Å²) < 4.78 is 17.8. The van der Waals surface area contributed by atoms with Gasteiger partial charge in [0, 0.05) is 41.5 Å². The third kappa shape index (κ3) is 4.32. The van der Waals surface area contributed by atoms with E-state index in [1.807, 2.05) is 4.57 Å². The molecular weight excluding hydrogens is 587 g/mol. The third-order valence-electron chi connectivity index (χ3n) is 11.0. The maximum Gasteiger partial charge on any atom is 0.255 e.